The second-order valence-electron chi connectivity index (χ2n) is 2.03. The molecule has 0 unspecified atom stereocenters. The van der Waals surface area contributed by atoms with Crippen LogP contribution in [0.3, 0.4) is 0 Å². The minimum atomic E-state index is -0.773. The molecule has 0 aliphatic rings. The summed E-state index contributed by atoms with van der Waals surface area (Å²) < 4.78 is 3.88. The van der Waals surface area contributed by atoms with E-state index in [9.17, 15) is 14.9 Å². The van der Waals surface area contributed by atoms with Crippen LogP contribution in [0.15, 0.2) is 30.3 Å². The maximum absolute atomic E-state index is 10.0. The number of nitro benzene ring substituents is 1. The fourth-order valence-electron chi connectivity index (χ4n) is 0.550. The van der Waals surface area contributed by atoms with Gasteiger partial charge in [-0.3, -0.25) is 10.1 Å². The molecule has 0 atom stereocenters. The molecule has 0 aliphatic carbocycles. The zero-order chi connectivity index (χ0) is 11.0. The molecule has 0 heterocycles. The molecule has 0 N–H and O–H groups in total. The van der Waals surface area contributed by atoms with Crippen molar-refractivity contribution in [3.8, 4) is 0 Å². The second kappa shape index (κ2) is 6.85. The van der Waals surface area contributed by atoms with E-state index < -0.39 is 10.4 Å². The van der Waals surface area contributed by atoms with E-state index in [4.69, 9.17) is 0 Å². The predicted molar refractivity (Wildman–Crippen MR) is 51.4 cm³/mol. The summed E-state index contributed by atoms with van der Waals surface area (Å²) in [6, 6.07) is 7.93. The highest BCUT2D eigenvalue weighted by atomic mass is 35.5. The van der Waals surface area contributed by atoms with Crippen molar-refractivity contribution in [1.29, 1.82) is 0 Å². The van der Waals surface area contributed by atoms with Gasteiger partial charge in [-0.15, -0.1) is 0 Å². The molecule has 0 amide bonds. The molecular formula is C8H8ClNO4. The number of carbonyl (C=O) groups is 1. The molecule has 0 saturated heterocycles. The van der Waals surface area contributed by atoms with Gasteiger partial charge in [0, 0.05) is 23.7 Å². The van der Waals surface area contributed by atoms with Gasteiger partial charge in [0.25, 0.3) is 5.69 Å². The van der Waals surface area contributed by atoms with Crippen LogP contribution in [0.1, 0.15) is 0 Å². The molecule has 1 rings (SSSR count). The number of nitrogens with zero attached hydrogens (tertiary/aromatic N) is 1. The molecule has 1 aromatic rings. The number of benzene rings is 1. The van der Waals surface area contributed by atoms with E-state index in [1.54, 1.807) is 18.2 Å². The van der Waals surface area contributed by atoms with Crippen LogP contribution in [-0.4, -0.2) is 17.5 Å². The summed E-state index contributed by atoms with van der Waals surface area (Å²) in [5.41, 5.74) is -0.637. The first-order valence-corrected chi connectivity index (χ1v) is 3.88. The van der Waals surface area contributed by atoms with Crippen molar-refractivity contribution in [2.24, 2.45) is 0 Å². The third-order valence-electron chi connectivity index (χ3n) is 1.13. The van der Waals surface area contributed by atoms with Gasteiger partial charge in [-0.25, -0.2) is 4.79 Å². The number of nitro groups is 1. The average Bonchev–Trinajstić information content (AvgIpc) is 2.20. The summed E-state index contributed by atoms with van der Waals surface area (Å²) in [5, 5.41) is 10.0. The van der Waals surface area contributed by atoms with E-state index in [1.165, 1.54) is 19.2 Å². The maximum atomic E-state index is 10.0. The Morgan fingerprint density at radius 2 is 1.86 bits per heavy atom. The largest absolute Gasteiger partial charge is 0.457 e. The van der Waals surface area contributed by atoms with Crippen LogP contribution >= 0.6 is 11.6 Å². The summed E-state index contributed by atoms with van der Waals surface area (Å²) in [7, 11) is 1.22. The lowest BCUT2D eigenvalue weighted by Crippen LogP contribution is -1.84. The number of carbonyl (C=O) groups excluding carboxylic acids is 1. The molecule has 0 aliphatic heterocycles. The van der Waals surface area contributed by atoms with Gasteiger partial charge in [0.2, 0.25) is 0 Å². The Morgan fingerprint density at radius 1 is 1.43 bits per heavy atom. The van der Waals surface area contributed by atoms with E-state index in [0.29, 0.717) is 0 Å². The Labute approximate surface area is 85.4 Å². The van der Waals surface area contributed by atoms with E-state index in [0.717, 1.165) is 0 Å². The van der Waals surface area contributed by atoms with Gasteiger partial charge >= 0.3 is 5.43 Å². The monoisotopic (exact) mass is 217 g/mol. The SMILES string of the molecule is COC(=O)Cl.O=[N+]([O-])c1ccccc1. The molecule has 1 aromatic carbocycles. The van der Waals surface area contributed by atoms with Crippen LogP contribution < -0.4 is 0 Å². The molecule has 0 spiro atoms. The topological polar surface area (TPSA) is 69.4 Å². The molecule has 0 bridgehead atoms. The number of hydrogen-bond donors (Lipinski definition) is 0. The first kappa shape index (κ1) is 12.4. The van der Waals surface area contributed by atoms with Crippen LogP contribution in [0.25, 0.3) is 0 Å². The van der Waals surface area contributed by atoms with Gasteiger partial charge in [-0.2, -0.15) is 0 Å². The summed E-state index contributed by atoms with van der Waals surface area (Å²) in [6.45, 7) is 0. The third kappa shape index (κ3) is 5.96. The zero-order valence-corrected chi connectivity index (χ0v) is 8.10. The summed E-state index contributed by atoms with van der Waals surface area (Å²) in [4.78, 5) is 18.9. The van der Waals surface area contributed by atoms with Crippen molar-refractivity contribution >= 4 is 22.7 Å². The number of rotatable bonds is 1. The van der Waals surface area contributed by atoms with Crippen LogP contribution in [0.4, 0.5) is 10.5 Å². The molecule has 5 nitrogen and oxygen atoms in total. The smallest absolute Gasteiger partial charge is 0.403 e. The lowest BCUT2D eigenvalue weighted by molar-refractivity contribution is -0.384. The highest BCUT2D eigenvalue weighted by Crippen LogP contribution is 2.06. The molecule has 0 saturated carbocycles. The predicted octanol–water partition coefficient (Wildman–Crippen LogP) is 2.59. The molecular weight excluding hydrogens is 210 g/mol. The Bertz CT molecular complexity index is 301. The van der Waals surface area contributed by atoms with Gasteiger partial charge in [-0.1, -0.05) is 18.2 Å². The van der Waals surface area contributed by atoms with E-state index in [1.807, 2.05) is 0 Å². The van der Waals surface area contributed by atoms with E-state index in [-0.39, 0.29) is 5.69 Å². The van der Waals surface area contributed by atoms with Crippen molar-refractivity contribution in [1.82, 2.24) is 0 Å². The lowest BCUT2D eigenvalue weighted by atomic mass is 10.3. The summed E-state index contributed by atoms with van der Waals surface area (Å²) in [5.74, 6) is 0. The average molecular weight is 218 g/mol. The van der Waals surface area contributed by atoms with Crippen molar-refractivity contribution in [2.45, 2.75) is 0 Å². The molecule has 0 fully saturated rings. The maximum Gasteiger partial charge on any atom is 0.403 e. The Hall–Kier alpha value is -1.62. The van der Waals surface area contributed by atoms with Crippen molar-refractivity contribution in [3.63, 3.8) is 0 Å². The normalized spacial score (nSPS) is 8.14. The fourth-order valence-corrected chi connectivity index (χ4v) is 0.550. The number of methoxy groups -OCH3 is 1. The van der Waals surface area contributed by atoms with Crippen LogP contribution in [0.2, 0.25) is 0 Å². The highest BCUT2D eigenvalue weighted by Gasteiger charge is 1.98. The van der Waals surface area contributed by atoms with Crippen molar-refractivity contribution in [3.05, 3.63) is 40.4 Å². The van der Waals surface area contributed by atoms with Gasteiger partial charge in [0.1, 0.15) is 0 Å². The number of ether oxygens (including phenoxy) is 1. The Morgan fingerprint density at radius 3 is 2.07 bits per heavy atom. The van der Waals surface area contributed by atoms with Gasteiger partial charge in [-0.05, 0) is 0 Å². The molecule has 14 heavy (non-hydrogen) atoms. The van der Waals surface area contributed by atoms with Crippen LogP contribution in [-0.2, 0) is 4.74 Å². The number of hydrogen-bond acceptors (Lipinski definition) is 4. The highest BCUT2D eigenvalue weighted by molar-refractivity contribution is 6.61. The Balaban J connectivity index is 0.000000292. The molecule has 6 heteroatoms. The molecule has 0 radical (unpaired) electrons. The van der Waals surface area contributed by atoms with Crippen LogP contribution in [0.5, 0.6) is 0 Å². The van der Waals surface area contributed by atoms with Gasteiger partial charge in [0.15, 0.2) is 0 Å². The first-order valence-electron chi connectivity index (χ1n) is 3.50. The minimum Gasteiger partial charge on any atom is -0.457 e. The quantitative estimate of drug-likeness (QED) is 0.412. The fraction of sp³-hybridized carbons (Fsp3) is 0.125. The van der Waals surface area contributed by atoms with Crippen LogP contribution in [0, 0.1) is 10.1 Å². The Kier molecular flexibility index (Phi) is 6.06. The zero-order valence-electron chi connectivity index (χ0n) is 7.34. The van der Waals surface area contributed by atoms with Crippen molar-refractivity contribution in [2.75, 3.05) is 7.11 Å². The van der Waals surface area contributed by atoms with Crippen molar-refractivity contribution < 1.29 is 14.5 Å². The number of halogens is 1. The van der Waals surface area contributed by atoms with Gasteiger partial charge in [0.05, 0.1) is 12.0 Å². The molecule has 0 aromatic heterocycles. The van der Waals surface area contributed by atoms with E-state index >= 15 is 0 Å². The lowest BCUT2D eigenvalue weighted by Gasteiger charge is -1.85. The van der Waals surface area contributed by atoms with Gasteiger partial charge < -0.3 is 4.74 Å². The third-order valence-corrected chi connectivity index (χ3v) is 1.28. The first-order chi connectivity index (χ1) is 6.57. The minimum absolute atomic E-state index is 0.137. The summed E-state index contributed by atoms with van der Waals surface area (Å²) >= 11 is 4.60. The van der Waals surface area contributed by atoms with E-state index in [2.05, 4.69) is 16.3 Å². The molecule has 76 valence electrons. The summed E-state index contributed by atoms with van der Waals surface area (Å²) in [6.07, 6.45) is 0. The number of non-ortho nitro benzene ring substituents is 1. The standard InChI is InChI=1S/C6H5NO2.C2H3ClO2/c8-7(9)6-4-2-1-3-5-6;1-5-2(3)4/h1-5H;1H3. The second-order valence-corrected chi connectivity index (χ2v) is 2.34. The number of para-hydroxylation sites is 1.